The van der Waals surface area contributed by atoms with Crippen molar-refractivity contribution in [3.63, 3.8) is 0 Å². The van der Waals surface area contributed by atoms with Crippen LogP contribution in [0.5, 0.6) is 0 Å². The van der Waals surface area contributed by atoms with Crippen LogP contribution in [0.2, 0.25) is 0 Å². The molecule has 0 bridgehead atoms. The summed E-state index contributed by atoms with van der Waals surface area (Å²) in [4.78, 5) is 10.4. The monoisotopic (exact) mass is 254 g/mol. The largest absolute Gasteiger partial charge is 0.324 e. The first-order valence-corrected chi connectivity index (χ1v) is 6.28. The van der Waals surface area contributed by atoms with Crippen LogP contribution in [0, 0.1) is 10.1 Å². The molecule has 1 atom stereocenters. The molecule has 4 nitrogen and oxygen atoms in total. The number of fused-ring (bicyclic) bond motifs is 1. The average molecular weight is 254 g/mol. The molecule has 1 unspecified atom stereocenters. The number of hydrogen-bond donors (Lipinski definition) is 1. The smallest absolute Gasteiger partial charge is 0.270 e. The second-order valence-electron chi connectivity index (χ2n) is 4.87. The lowest BCUT2D eigenvalue weighted by molar-refractivity contribution is -0.384. The third-order valence-electron chi connectivity index (χ3n) is 3.66. The fourth-order valence-electron chi connectivity index (χ4n) is 2.63. The van der Waals surface area contributed by atoms with Crippen LogP contribution in [-0.2, 0) is 6.42 Å². The van der Waals surface area contributed by atoms with E-state index in [1.807, 2.05) is 18.2 Å². The highest BCUT2D eigenvalue weighted by atomic mass is 16.6. The summed E-state index contributed by atoms with van der Waals surface area (Å²) >= 11 is 0. The maximum Gasteiger partial charge on any atom is 0.270 e. The van der Waals surface area contributed by atoms with Crippen molar-refractivity contribution in [3.8, 4) is 11.1 Å². The molecule has 0 saturated carbocycles. The van der Waals surface area contributed by atoms with Gasteiger partial charge in [0.25, 0.3) is 5.69 Å². The third kappa shape index (κ3) is 2.11. The fraction of sp³-hybridized carbons (Fsp3) is 0.200. The van der Waals surface area contributed by atoms with Crippen LogP contribution in [0.25, 0.3) is 11.1 Å². The maximum atomic E-state index is 10.8. The molecule has 0 heterocycles. The minimum Gasteiger partial charge on any atom is -0.324 e. The van der Waals surface area contributed by atoms with Gasteiger partial charge in [-0.15, -0.1) is 0 Å². The molecule has 3 rings (SSSR count). The van der Waals surface area contributed by atoms with Gasteiger partial charge in [0.2, 0.25) is 0 Å². The lowest BCUT2D eigenvalue weighted by Crippen LogP contribution is -2.04. The van der Waals surface area contributed by atoms with Crippen molar-refractivity contribution >= 4 is 5.69 Å². The molecular weight excluding hydrogens is 240 g/mol. The molecule has 0 aliphatic heterocycles. The van der Waals surface area contributed by atoms with E-state index in [4.69, 9.17) is 5.73 Å². The number of nitro groups is 1. The molecule has 0 spiro atoms. The van der Waals surface area contributed by atoms with E-state index in [1.165, 1.54) is 17.2 Å². The van der Waals surface area contributed by atoms with E-state index in [0.717, 1.165) is 24.0 Å². The van der Waals surface area contributed by atoms with Gasteiger partial charge in [0.05, 0.1) is 4.92 Å². The molecule has 2 aromatic carbocycles. The summed E-state index contributed by atoms with van der Waals surface area (Å²) in [6, 6.07) is 13.0. The summed E-state index contributed by atoms with van der Waals surface area (Å²) < 4.78 is 0. The summed E-state index contributed by atoms with van der Waals surface area (Å²) in [6.07, 6.45) is 1.97. The number of benzene rings is 2. The van der Waals surface area contributed by atoms with Crippen LogP contribution in [-0.4, -0.2) is 4.92 Å². The van der Waals surface area contributed by atoms with E-state index in [9.17, 15) is 10.1 Å². The van der Waals surface area contributed by atoms with Gasteiger partial charge in [-0.25, -0.2) is 0 Å². The highest BCUT2D eigenvalue weighted by molar-refractivity contribution is 5.67. The quantitative estimate of drug-likeness (QED) is 0.660. The molecule has 0 fully saturated rings. The molecule has 0 amide bonds. The van der Waals surface area contributed by atoms with Crippen LogP contribution in [0.15, 0.2) is 42.5 Å². The van der Waals surface area contributed by atoms with Crippen molar-refractivity contribution in [2.75, 3.05) is 0 Å². The lowest BCUT2D eigenvalue weighted by Gasteiger charge is -2.07. The normalized spacial score (nSPS) is 17.2. The second kappa shape index (κ2) is 4.48. The number of hydrogen-bond acceptors (Lipinski definition) is 3. The summed E-state index contributed by atoms with van der Waals surface area (Å²) in [5.41, 5.74) is 10.5. The lowest BCUT2D eigenvalue weighted by atomic mass is 9.99. The van der Waals surface area contributed by atoms with E-state index in [0.29, 0.717) is 0 Å². The topological polar surface area (TPSA) is 69.2 Å². The van der Waals surface area contributed by atoms with Crippen LogP contribution < -0.4 is 5.73 Å². The van der Waals surface area contributed by atoms with Gasteiger partial charge in [0.15, 0.2) is 0 Å². The molecule has 0 aromatic heterocycles. The number of rotatable bonds is 2. The van der Waals surface area contributed by atoms with Crippen LogP contribution in [0.3, 0.4) is 0 Å². The molecule has 0 radical (unpaired) electrons. The van der Waals surface area contributed by atoms with E-state index < -0.39 is 0 Å². The molecule has 2 aromatic rings. The Hall–Kier alpha value is -2.20. The van der Waals surface area contributed by atoms with E-state index in [2.05, 4.69) is 6.07 Å². The van der Waals surface area contributed by atoms with Gasteiger partial charge >= 0.3 is 0 Å². The Morgan fingerprint density at radius 2 is 1.95 bits per heavy atom. The predicted molar refractivity (Wildman–Crippen MR) is 73.8 cm³/mol. The van der Waals surface area contributed by atoms with Gasteiger partial charge in [0, 0.05) is 18.2 Å². The van der Waals surface area contributed by atoms with Crippen molar-refractivity contribution < 1.29 is 4.92 Å². The zero-order valence-electron chi connectivity index (χ0n) is 10.4. The average Bonchev–Trinajstić information content (AvgIpc) is 2.80. The van der Waals surface area contributed by atoms with Gasteiger partial charge in [-0.05, 0) is 35.1 Å². The summed E-state index contributed by atoms with van der Waals surface area (Å²) in [6.45, 7) is 0. The van der Waals surface area contributed by atoms with Gasteiger partial charge in [-0.3, -0.25) is 10.1 Å². The van der Waals surface area contributed by atoms with Crippen LogP contribution in [0.1, 0.15) is 23.6 Å². The molecule has 96 valence electrons. The summed E-state index contributed by atoms with van der Waals surface area (Å²) in [5, 5.41) is 10.8. The Morgan fingerprint density at radius 1 is 1.16 bits per heavy atom. The molecular formula is C15H14N2O2. The van der Waals surface area contributed by atoms with Crippen molar-refractivity contribution in [1.29, 1.82) is 0 Å². The minimum absolute atomic E-state index is 0.120. The predicted octanol–water partition coefficient (Wildman–Crippen LogP) is 3.21. The van der Waals surface area contributed by atoms with Crippen LogP contribution in [0.4, 0.5) is 5.69 Å². The van der Waals surface area contributed by atoms with Gasteiger partial charge in [-0.2, -0.15) is 0 Å². The number of non-ortho nitro benzene ring substituents is 1. The number of nitro benzene ring substituents is 1. The standard InChI is InChI=1S/C15H14N2O2/c16-15-7-5-12-8-11(4-6-14(12)15)10-2-1-3-13(9-10)17(18)19/h1-4,6,8-9,15H,5,7,16H2. The molecule has 1 aliphatic carbocycles. The van der Waals surface area contributed by atoms with Crippen molar-refractivity contribution in [2.24, 2.45) is 5.73 Å². The Kier molecular flexibility index (Phi) is 2.80. The summed E-state index contributed by atoms with van der Waals surface area (Å²) in [5.74, 6) is 0. The zero-order chi connectivity index (χ0) is 13.4. The first kappa shape index (κ1) is 11.9. The Bertz CT molecular complexity index is 652. The molecule has 4 heteroatoms. The van der Waals surface area contributed by atoms with E-state index >= 15 is 0 Å². The minimum atomic E-state index is -0.368. The molecule has 0 saturated heterocycles. The van der Waals surface area contributed by atoms with Crippen LogP contribution >= 0.6 is 0 Å². The van der Waals surface area contributed by atoms with Crippen molar-refractivity contribution in [3.05, 3.63) is 63.7 Å². The third-order valence-corrected chi connectivity index (χ3v) is 3.66. The first-order chi connectivity index (χ1) is 9.15. The number of nitrogens with zero attached hydrogens (tertiary/aromatic N) is 1. The van der Waals surface area contributed by atoms with E-state index in [1.54, 1.807) is 12.1 Å². The van der Waals surface area contributed by atoms with Gasteiger partial charge in [-0.1, -0.05) is 30.3 Å². The fourth-order valence-corrected chi connectivity index (χ4v) is 2.63. The second-order valence-corrected chi connectivity index (χ2v) is 4.87. The Labute approximate surface area is 111 Å². The molecule has 19 heavy (non-hydrogen) atoms. The summed E-state index contributed by atoms with van der Waals surface area (Å²) in [7, 11) is 0. The Morgan fingerprint density at radius 3 is 2.74 bits per heavy atom. The zero-order valence-corrected chi connectivity index (χ0v) is 10.4. The SMILES string of the molecule is NC1CCc2cc(-c3cccc([N+](=O)[O-])c3)ccc21. The number of aryl methyl sites for hydroxylation is 1. The highest BCUT2D eigenvalue weighted by Crippen LogP contribution is 2.33. The Balaban J connectivity index is 2.03. The van der Waals surface area contributed by atoms with Crippen molar-refractivity contribution in [2.45, 2.75) is 18.9 Å². The molecule has 2 N–H and O–H groups in total. The first-order valence-electron chi connectivity index (χ1n) is 6.28. The highest BCUT2D eigenvalue weighted by Gasteiger charge is 2.19. The molecule has 1 aliphatic rings. The van der Waals surface area contributed by atoms with E-state index in [-0.39, 0.29) is 16.7 Å². The van der Waals surface area contributed by atoms with Gasteiger partial charge in [0.1, 0.15) is 0 Å². The van der Waals surface area contributed by atoms with Gasteiger partial charge < -0.3 is 5.73 Å². The maximum absolute atomic E-state index is 10.8. The van der Waals surface area contributed by atoms with Crippen molar-refractivity contribution in [1.82, 2.24) is 0 Å². The number of nitrogens with two attached hydrogens (primary N) is 1.